The molecule has 1 saturated heterocycles. The minimum Gasteiger partial charge on any atom is -0.434 e. The molecule has 0 radical (unpaired) electrons. The molecule has 0 aliphatic carbocycles. The van der Waals surface area contributed by atoms with E-state index in [1.807, 2.05) is 0 Å². The number of nitrogens with one attached hydrogen (secondary N) is 2. The first-order chi connectivity index (χ1) is 18.0. The first-order valence-electron chi connectivity index (χ1n) is 12.1. The van der Waals surface area contributed by atoms with E-state index in [1.54, 1.807) is 54.6 Å². The lowest BCUT2D eigenvalue weighted by molar-refractivity contribution is -0.123. The second-order valence-corrected chi connectivity index (χ2v) is 11.7. The van der Waals surface area contributed by atoms with Crippen LogP contribution < -0.4 is 10.6 Å². The number of fused-ring (bicyclic) bond motifs is 1. The van der Waals surface area contributed by atoms with Gasteiger partial charge in [0.15, 0.2) is 15.4 Å². The van der Waals surface area contributed by atoms with Crippen molar-refractivity contribution in [1.29, 1.82) is 0 Å². The summed E-state index contributed by atoms with van der Waals surface area (Å²) in [5.74, 6) is -2.58. The van der Waals surface area contributed by atoms with Gasteiger partial charge in [0, 0.05) is 13.1 Å². The van der Waals surface area contributed by atoms with E-state index in [1.165, 1.54) is 18.7 Å². The topological polar surface area (TPSA) is 148 Å². The summed E-state index contributed by atoms with van der Waals surface area (Å²) in [4.78, 5) is 45.1. The van der Waals surface area contributed by atoms with E-state index < -0.39 is 44.9 Å². The number of morpholine rings is 1. The molecule has 2 heterocycles. The van der Waals surface area contributed by atoms with Crippen LogP contribution in [0.2, 0.25) is 0 Å². The summed E-state index contributed by atoms with van der Waals surface area (Å²) in [6.07, 6.45) is 0. The predicted octanol–water partition coefficient (Wildman–Crippen LogP) is 1.93. The summed E-state index contributed by atoms with van der Waals surface area (Å²) in [6, 6.07) is 13.4. The minimum absolute atomic E-state index is 0.192. The fourth-order valence-electron chi connectivity index (χ4n) is 4.02. The molecule has 3 aromatic rings. The number of hydrogen-bond donors (Lipinski definition) is 2. The molecule has 1 aliphatic rings. The molecule has 0 bridgehead atoms. The van der Waals surface area contributed by atoms with E-state index in [0.717, 1.165) is 0 Å². The van der Waals surface area contributed by atoms with E-state index in [2.05, 4.69) is 15.6 Å². The van der Waals surface area contributed by atoms with Gasteiger partial charge in [0.05, 0.1) is 24.7 Å². The van der Waals surface area contributed by atoms with Gasteiger partial charge in [0.2, 0.25) is 11.7 Å². The summed E-state index contributed by atoms with van der Waals surface area (Å²) >= 11 is 0. The van der Waals surface area contributed by atoms with Crippen molar-refractivity contribution in [2.75, 3.05) is 32.1 Å². The van der Waals surface area contributed by atoms with Gasteiger partial charge in [-0.15, -0.1) is 0 Å². The monoisotopic (exact) mass is 542 g/mol. The maximum Gasteiger partial charge on any atom is 0.318 e. The van der Waals surface area contributed by atoms with Crippen LogP contribution in [-0.2, 0) is 25.1 Å². The number of carbonyl (C=O) groups excluding carboxylic acids is 3. The third-order valence-electron chi connectivity index (χ3n) is 6.05. The highest BCUT2D eigenvalue weighted by molar-refractivity contribution is 7.90. The summed E-state index contributed by atoms with van der Waals surface area (Å²) in [5.41, 5.74) is -0.0535. The Labute approximate surface area is 220 Å². The number of Topliss-reactive ketones (excluding diaryl/α,β-unsaturated/α-hetero) is 1. The Bertz CT molecular complexity index is 1380. The number of carbonyl (C=O) groups is 3. The fourth-order valence-corrected chi connectivity index (χ4v) is 5.58. The number of amides is 3. The van der Waals surface area contributed by atoms with Gasteiger partial charge in [-0.25, -0.2) is 18.2 Å². The normalized spacial score (nSPS) is 15.2. The van der Waals surface area contributed by atoms with Gasteiger partial charge in [-0.1, -0.05) is 42.5 Å². The number of hydrogen-bond acceptors (Lipinski definition) is 8. The van der Waals surface area contributed by atoms with Crippen molar-refractivity contribution in [2.45, 2.75) is 31.2 Å². The fraction of sp³-hybridized carbons (Fsp3) is 0.385. The molecule has 1 atom stereocenters. The Kier molecular flexibility index (Phi) is 8.12. The molecule has 1 aliphatic heterocycles. The smallest absolute Gasteiger partial charge is 0.318 e. The number of ether oxygens (including phenoxy) is 1. The van der Waals surface area contributed by atoms with Crippen LogP contribution in [0.1, 0.15) is 30.1 Å². The van der Waals surface area contributed by atoms with Crippen LogP contribution in [0.3, 0.4) is 0 Å². The van der Waals surface area contributed by atoms with E-state index >= 15 is 0 Å². The molecule has 202 valence electrons. The van der Waals surface area contributed by atoms with Crippen molar-refractivity contribution in [3.63, 3.8) is 0 Å². The maximum absolute atomic E-state index is 13.4. The number of oxazole rings is 1. The zero-order valence-corrected chi connectivity index (χ0v) is 22.0. The van der Waals surface area contributed by atoms with Crippen LogP contribution in [0.5, 0.6) is 0 Å². The molecular formula is C26H30N4O7S. The SMILES string of the molecule is CC(C)(NC(=O)[C@H](CS(=O)(=O)Cc1ccccc1)NC(=O)N1CCOCC1)C(=O)c1nc2ccccc2o1. The number of ketones is 1. The number of para-hydroxylation sites is 2. The molecule has 4 rings (SSSR count). The van der Waals surface area contributed by atoms with Gasteiger partial charge in [-0.2, -0.15) is 0 Å². The largest absolute Gasteiger partial charge is 0.434 e. The van der Waals surface area contributed by atoms with Crippen molar-refractivity contribution < 1.29 is 32.0 Å². The molecule has 1 aromatic heterocycles. The molecule has 0 saturated carbocycles. The van der Waals surface area contributed by atoms with Crippen LogP contribution in [0.4, 0.5) is 4.79 Å². The van der Waals surface area contributed by atoms with E-state index in [-0.39, 0.29) is 11.6 Å². The number of urea groups is 1. The molecule has 11 nitrogen and oxygen atoms in total. The lowest BCUT2D eigenvalue weighted by Gasteiger charge is -2.30. The first kappa shape index (κ1) is 27.3. The van der Waals surface area contributed by atoms with E-state index in [0.29, 0.717) is 43.0 Å². The molecule has 0 unspecified atom stereocenters. The zero-order valence-electron chi connectivity index (χ0n) is 21.2. The van der Waals surface area contributed by atoms with Gasteiger partial charge in [0.1, 0.15) is 17.1 Å². The highest BCUT2D eigenvalue weighted by Gasteiger charge is 2.38. The summed E-state index contributed by atoms with van der Waals surface area (Å²) in [5, 5.41) is 5.12. The number of aromatic nitrogens is 1. The van der Waals surface area contributed by atoms with Crippen molar-refractivity contribution >= 4 is 38.7 Å². The van der Waals surface area contributed by atoms with Crippen molar-refractivity contribution in [3.8, 4) is 0 Å². The average molecular weight is 543 g/mol. The highest BCUT2D eigenvalue weighted by Crippen LogP contribution is 2.19. The Balaban J connectivity index is 1.52. The molecule has 38 heavy (non-hydrogen) atoms. The maximum atomic E-state index is 13.4. The molecule has 1 fully saturated rings. The Morgan fingerprint density at radius 3 is 2.37 bits per heavy atom. The molecule has 3 amide bonds. The molecule has 12 heteroatoms. The van der Waals surface area contributed by atoms with Crippen LogP contribution in [0.25, 0.3) is 11.1 Å². The summed E-state index contributed by atoms with van der Waals surface area (Å²) in [7, 11) is -3.84. The van der Waals surface area contributed by atoms with Crippen LogP contribution in [-0.4, -0.2) is 79.7 Å². The van der Waals surface area contributed by atoms with Gasteiger partial charge in [-0.05, 0) is 31.5 Å². The Morgan fingerprint density at radius 1 is 1.03 bits per heavy atom. The third-order valence-corrected chi connectivity index (χ3v) is 7.67. The van der Waals surface area contributed by atoms with Gasteiger partial charge in [-0.3, -0.25) is 9.59 Å². The predicted molar refractivity (Wildman–Crippen MR) is 139 cm³/mol. The zero-order chi connectivity index (χ0) is 27.3. The standard InChI is InChI=1S/C26H30N4O7S/c1-26(2,22(31)24-27-19-10-6-7-11-21(19)37-24)29-23(32)20(28-25(33)30-12-14-36-15-13-30)17-38(34,35)16-18-8-4-3-5-9-18/h3-11,20H,12-17H2,1-2H3,(H,28,33)(H,29,32)/t20-/m0/s1. The number of sulfone groups is 1. The van der Waals surface area contributed by atoms with Crippen molar-refractivity contribution in [1.82, 2.24) is 20.5 Å². The number of benzene rings is 2. The molecule has 2 N–H and O–H groups in total. The number of rotatable bonds is 9. The minimum atomic E-state index is -3.84. The van der Waals surface area contributed by atoms with Crippen LogP contribution in [0.15, 0.2) is 59.0 Å². The molecular weight excluding hydrogens is 512 g/mol. The third kappa shape index (κ3) is 6.75. The van der Waals surface area contributed by atoms with Gasteiger partial charge >= 0.3 is 6.03 Å². The van der Waals surface area contributed by atoms with E-state index in [9.17, 15) is 22.8 Å². The Hall–Kier alpha value is -3.77. The van der Waals surface area contributed by atoms with Crippen molar-refractivity contribution in [3.05, 3.63) is 66.1 Å². The quantitative estimate of drug-likeness (QED) is 0.390. The second kappa shape index (κ2) is 11.3. The Morgan fingerprint density at radius 2 is 1.68 bits per heavy atom. The lowest BCUT2D eigenvalue weighted by atomic mass is 9.98. The van der Waals surface area contributed by atoms with Crippen LogP contribution >= 0.6 is 0 Å². The second-order valence-electron chi connectivity index (χ2n) is 9.57. The lowest BCUT2D eigenvalue weighted by Crippen LogP contribution is -2.60. The highest BCUT2D eigenvalue weighted by atomic mass is 32.2. The van der Waals surface area contributed by atoms with Gasteiger partial charge < -0.3 is 24.7 Å². The van der Waals surface area contributed by atoms with Crippen molar-refractivity contribution in [2.24, 2.45) is 0 Å². The van der Waals surface area contributed by atoms with Gasteiger partial charge in [0.25, 0.3) is 5.89 Å². The number of nitrogens with zero attached hydrogens (tertiary/aromatic N) is 2. The van der Waals surface area contributed by atoms with E-state index in [4.69, 9.17) is 9.15 Å². The summed E-state index contributed by atoms with van der Waals surface area (Å²) < 4.78 is 36.9. The average Bonchev–Trinajstić information content (AvgIpc) is 3.32. The first-order valence-corrected chi connectivity index (χ1v) is 14.0. The molecule has 2 aromatic carbocycles. The van der Waals surface area contributed by atoms with Crippen LogP contribution in [0, 0.1) is 0 Å². The summed E-state index contributed by atoms with van der Waals surface area (Å²) in [6.45, 7) is 4.20. The molecule has 0 spiro atoms.